The Morgan fingerprint density at radius 3 is 2.83 bits per heavy atom. The number of hydrogen-bond donors (Lipinski definition) is 0. The second-order valence-corrected chi connectivity index (χ2v) is 7.89. The van der Waals surface area contributed by atoms with Crippen LogP contribution in [-0.2, 0) is 11.2 Å². The van der Waals surface area contributed by atoms with Gasteiger partial charge in [0.2, 0.25) is 12.7 Å². The van der Waals surface area contributed by atoms with Gasteiger partial charge in [0.1, 0.15) is 5.03 Å². The zero-order valence-corrected chi connectivity index (χ0v) is 16.5. The van der Waals surface area contributed by atoms with Gasteiger partial charge in [-0.1, -0.05) is 30.0 Å². The minimum atomic E-state index is 0.101. The number of fused-ring (bicyclic) bond motifs is 2. The molecule has 0 bridgehead atoms. The molecule has 29 heavy (non-hydrogen) atoms. The van der Waals surface area contributed by atoms with Crippen molar-refractivity contribution < 1.29 is 14.3 Å². The highest BCUT2D eigenvalue weighted by atomic mass is 32.2. The highest BCUT2D eigenvalue weighted by molar-refractivity contribution is 7.99. The fourth-order valence-electron chi connectivity index (χ4n) is 3.61. The molecule has 3 heterocycles. The van der Waals surface area contributed by atoms with Crippen LogP contribution in [0.2, 0.25) is 0 Å². The lowest BCUT2D eigenvalue weighted by Crippen LogP contribution is -2.36. The normalized spacial score (nSPS) is 14.6. The van der Waals surface area contributed by atoms with Crippen molar-refractivity contribution in [2.24, 2.45) is 0 Å². The van der Waals surface area contributed by atoms with Crippen LogP contribution in [0.15, 0.2) is 59.6 Å². The molecule has 5 rings (SSSR count). The molecule has 6 nitrogen and oxygen atoms in total. The van der Waals surface area contributed by atoms with Gasteiger partial charge in [-0.15, -0.1) is 10.2 Å². The molecule has 3 aromatic rings. The van der Waals surface area contributed by atoms with Crippen LogP contribution >= 0.6 is 11.8 Å². The monoisotopic (exact) mass is 405 g/mol. The highest BCUT2D eigenvalue weighted by Gasteiger charge is 2.22. The zero-order valence-electron chi connectivity index (χ0n) is 15.7. The molecule has 0 fully saturated rings. The molecule has 0 saturated carbocycles. The number of aromatic nitrogens is 2. The van der Waals surface area contributed by atoms with Gasteiger partial charge in [-0.05, 0) is 54.8 Å². The van der Waals surface area contributed by atoms with Gasteiger partial charge in [0.05, 0.1) is 11.4 Å². The van der Waals surface area contributed by atoms with Crippen molar-refractivity contribution in [3.05, 3.63) is 60.2 Å². The van der Waals surface area contributed by atoms with E-state index in [1.165, 1.54) is 17.3 Å². The second-order valence-electron chi connectivity index (χ2n) is 6.89. The van der Waals surface area contributed by atoms with Gasteiger partial charge in [0.15, 0.2) is 11.5 Å². The number of carbonyl (C=O) groups excluding carboxylic acids is 1. The van der Waals surface area contributed by atoms with E-state index in [0.29, 0.717) is 5.75 Å². The van der Waals surface area contributed by atoms with E-state index < -0.39 is 0 Å². The van der Waals surface area contributed by atoms with Crippen LogP contribution in [0.4, 0.5) is 5.69 Å². The number of nitrogens with zero attached hydrogens (tertiary/aromatic N) is 3. The largest absolute Gasteiger partial charge is 0.454 e. The first kappa shape index (κ1) is 18.0. The summed E-state index contributed by atoms with van der Waals surface area (Å²) < 4.78 is 10.8. The van der Waals surface area contributed by atoms with E-state index in [9.17, 15) is 4.79 Å². The third kappa shape index (κ3) is 3.65. The molecule has 0 N–H and O–H groups in total. The molecule has 2 aliphatic heterocycles. The summed E-state index contributed by atoms with van der Waals surface area (Å²) in [6.45, 7) is 1.01. The molecule has 0 atom stereocenters. The zero-order chi connectivity index (χ0) is 19.6. The molecule has 0 radical (unpaired) electrons. The maximum atomic E-state index is 12.8. The molecule has 0 aliphatic carbocycles. The first-order valence-corrected chi connectivity index (χ1v) is 10.5. The predicted octanol–water partition coefficient (Wildman–Crippen LogP) is 3.94. The summed E-state index contributed by atoms with van der Waals surface area (Å²) in [4.78, 5) is 14.7. The van der Waals surface area contributed by atoms with Crippen LogP contribution in [0.5, 0.6) is 11.5 Å². The van der Waals surface area contributed by atoms with Gasteiger partial charge in [-0.2, -0.15) is 0 Å². The molecule has 0 spiro atoms. The van der Waals surface area contributed by atoms with Crippen molar-refractivity contribution >= 4 is 23.4 Å². The fourth-order valence-corrected chi connectivity index (χ4v) is 4.30. The summed E-state index contributed by atoms with van der Waals surface area (Å²) in [6, 6.07) is 17.6. The third-order valence-electron chi connectivity index (χ3n) is 5.06. The van der Waals surface area contributed by atoms with Crippen molar-refractivity contribution in [2.75, 3.05) is 24.0 Å². The highest BCUT2D eigenvalue weighted by Crippen LogP contribution is 2.35. The third-order valence-corrected chi connectivity index (χ3v) is 5.97. The molecule has 7 heteroatoms. The number of amides is 1. The Balaban J connectivity index is 1.25. The first-order valence-electron chi connectivity index (χ1n) is 9.53. The van der Waals surface area contributed by atoms with Crippen LogP contribution in [0.25, 0.3) is 11.3 Å². The average Bonchev–Trinajstić information content (AvgIpc) is 3.25. The number of anilines is 1. The maximum Gasteiger partial charge on any atom is 0.237 e. The van der Waals surface area contributed by atoms with E-state index in [1.807, 2.05) is 53.4 Å². The van der Waals surface area contributed by atoms with Gasteiger partial charge in [0, 0.05) is 17.8 Å². The Bertz CT molecular complexity index is 1060. The van der Waals surface area contributed by atoms with Crippen LogP contribution < -0.4 is 14.4 Å². The Kier molecular flexibility index (Phi) is 4.81. The number of aryl methyl sites for hydroxylation is 1. The summed E-state index contributed by atoms with van der Waals surface area (Å²) in [5, 5.41) is 9.32. The van der Waals surface area contributed by atoms with Crippen molar-refractivity contribution in [2.45, 2.75) is 17.9 Å². The number of para-hydroxylation sites is 1. The van der Waals surface area contributed by atoms with Crippen molar-refractivity contribution in [1.29, 1.82) is 0 Å². The summed E-state index contributed by atoms with van der Waals surface area (Å²) in [6.07, 6.45) is 2.03. The van der Waals surface area contributed by atoms with Gasteiger partial charge >= 0.3 is 0 Å². The molecule has 0 saturated heterocycles. The quantitative estimate of drug-likeness (QED) is 0.613. The summed E-state index contributed by atoms with van der Waals surface area (Å²) in [7, 11) is 0. The standard InChI is InChI=1S/C22H19N3O3S/c26-22(25-11-3-5-15-4-1-2-6-18(15)25)13-29-21-10-8-17(23-24-21)16-7-9-19-20(12-16)28-14-27-19/h1-2,4,6-10,12H,3,5,11,13-14H2. The smallest absolute Gasteiger partial charge is 0.237 e. The molecule has 1 amide bonds. The Labute approximate surface area is 172 Å². The van der Waals surface area contributed by atoms with Gasteiger partial charge in [-0.3, -0.25) is 4.79 Å². The summed E-state index contributed by atoms with van der Waals surface area (Å²) in [5.74, 6) is 1.90. The fraction of sp³-hybridized carbons (Fsp3) is 0.227. The molecule has 2 aromatic carbocycles. The van der Waals surface area contributed by atoms with E-state index >= 15 is 0 Å². The second kappa shape index (κ2) is 7.75. The van der Waals surface area contributed by atoms with E-state index in [2.05, 4.69) is 16.3 Å². The maximum absolute atomic E-state index is 12.8. The number of benzene rings is 2. The van der Waals surface area contributed by atoms with Gasteiger partial charge < -0.3 is 14.4 Å². The Hall–Kier alpha value is -3.06. The number of rotatable bonds is 4. The van der Waals surface area contributed by atoms with Gasteiger partial charge in [0.25, 0.3) is 0 Å². The Morgan fingerprint density at radius 1 is 1.03 bits per heavy atom. The summed E-state index contributed by atoms with van der Waals surface area (Å²) >= 11 is 1.41. The van der Waals surface area contributed by atoms with Crippen LogP contribution in [-0.4, -0.2) is 35.2 Å². The SMILES string of the molecule is O=C(CSc1ccc(-c2ccc3c(c2)OCO3)nn1)N1CCCc2ccccc21. The lowest BCUT2D eigenvalue weighted by Gasteiger charge is -2.29. The Morgan fingerprint density at radius 2 is 1.93 bits per heavy atom. The number of ether oxygens (including phenoxy) is 2. The van der Waals surface area contributed by atoms with E-state index in [0.717, 1.165) is 52.9 Å². The van der Waals surface area contributed by atoms with Crippen molar-refractivity contribution in [3.63, 3.8) is 0 Å². The van der Waals surface area contributed by atoms with Crippen LogP contribution in [0.3, 0.4) is 0 Å². The molecule has 146 valence electrons. The lowest BCUT2D eigenvalue weighted by atomic mass is 10.0. The number of thioether (sulfide) groups is 1. The van der Waals surface area contributed by atoms with Crippen molar-refractivity contribution in [1.82, 2.24) is 10.2 Å². The summed E-state index contributed by atoms with van der Waals surface area (Å²) in [5.41, 5.74) is 3.95. The lowest BCUT2D eigenvalue weighted by molar-refractivity contribution is -0.116. The van der Waals surface area contributed by atoms with Crippen LogP contribution in [0, 0.1) is 0 Å². The predicted molar refractivity (Wildman–Crippen MR) is 111 cm³/mol. The molecular formula is C22H19N3O3S. The number of hydrogen-bond acceptors (Lipinski definition) is 6. The van der Waals surface area contributed by atoms with Gasteiger partial charge in [-0.25, -0.2) is 0 Å². The minimum Gasteiger partial charge on any atom is -0.454 e. The minimum absolute atomic E-state index is 0.101. The van der Waals surface area contributed by atoms with E-state index in [-0.39, 0.29) is 12.7 Å². The molecule has 1 aromatic heterocycles. The molecule has 0 unspecified atom stereocenters. The topological polar surface area (TPSA) is 64.5 Å². The van der Waals surface area contributed by atoms with Crippen molar-refractivity contribution in [3.8, 4) is 22.8 Å². The molecule has 2 aliphatic rings. The number of carbonyl (C=O) groups is 1. The first-order chi connectivity index (χ1) is 14.3. The van der Waals surface area contributed by atoms with Crippen LogP contribution in [0.1, 0.15) is 12.0 Å². The molecular weight excluding hydrogens is 386 g/mol. The van der Waals surface area contributed by atoms with E-state index in [1.54, 1.807) is 0 Å². The van der Waals surface area contributed by atoms with E-state index in [4.69, 9.17) is 9.47 Å². The average molecular weight is 405 g/mol.